The van der Waals surface area contributed by atoms with Crippen LogP contribution in [0.25, 0.3) is 0 Å². The number of nitrogens with two attached hydrogens (primary N) is 2. The summed E-state index contributed by atoms with van der Waals surface area (Å²) in [4.78, 5) is 15.3. The number of primary amides is 1. The molecule has 1 aromatic heterocycles. The van der Waals surface area contributed by atoms with E-state index in [9.17, 15) is 13.2 Å². The molecular formula is C11H19N5O3S. The lowest BCUT2D eigenvalue weighted by Crippen LogP contribution is -2.48. The molecule has 1 heterocycles. The van der Waals surface area contributed by atoms with Crippen LogP contribution in [0.3, 0.4) is 0 Å². The number of nitrogen functional groups attached to an aromatic ring is 1. The third kappa shape index (κ3) is 5.02. The topological polar surface area (TPSA) is 140 Å². The van der Waals surface area contributed by atoms with Gasteiger partial charge in [0.25, 0.3) is 5.91 Å². The van der Waals surface area contributed by atoms with Crippen LogP contribution in [0, 0.1) is 0 Å². The van der Waals surface area contributed by atoms with Gasteiger partial charge < -0.3 is 16.8 Å². The fraction of sp³-hybridized carbons (Fsp3) is 0.455. The molecule has 6 N–H and O–H groups in total. The molecule has 0 saturated carbocycles. The fourth-order valence-corrected chi connectivity index (χ4v) is 2.73. The molecule has 0 atom stereocenters. The number of amides is 1. The normalized spacial score (nSPS) is 12.2. The van der Waals surface area contributed by atoms with Crippen LogP contribution in [0.2, 0.25) is 0 Å². The quantitative estimate of drug-likeness (QED) is 0.558. The Morgan fingerprint density at radius 1 is 1.45 bits per heavy atom. The SMILES string of the molecule is CC(C)(CNc1ncc(N)cc1C(N)=O)NS(C)(=O)=O. The Morgan fingerprint density at radius 2 is 2.05 bits per heavy atom. The van der Waals surface area contributed by atoms with Gasteiger partial charge in [-0.05, 0) is 19.9 Å². The lowest BCUT2D eigenvalue weighted by Gasteiger charge is -2.26. The Bertz CT molecular complexity index is 612. The van der Waals surface area contributed by atoms with E-state index >= 15 is 0 Å². The van der Waals surface area contributed by atoms with E-state index in [0.29, 0.717) is 5.69 Å². The highest BCUT2D eigenvalue weighted by Gasteiger charge is 2.23. The number of aromatic nitrogens is 1. The molecule has 1 amide bonds. The van der Waals surface area contributed by atoms with Gasteiger partial charge in [0.05, 0.1) is 23.7 Å². The summed E-state index contributed by atoms with van der Waals surface area (Å²) in [5.74, 6) is -0.406. The third-order valence-corrected chi connectivity index (χ3v) is 3.26. The van der Waals surface area contributed by atoms with Crippen molar-refractivity contribution < 1.29 is 13.2 Å². The minimum absolute atomic E-state index is 0.153. The van der Waals surface area contributed by atoms with Gasteiger partial charge >= 0.3 is 0 Å². The molecule has 0 unspecified atom stereocenters. The molecule has 0 aromatic carbocycles. The van der Waals surface area contributed by atoms with Gasteiger partial charge in [0.15, 0.2) is 0 Å². The van der Waals surface area contributed by atoms with Crippen molar-refractivity contribution in [3.05, 3.63) is 17.8 Å². The van der Waals surface area contributed by atoms with Crippen LogP contribution in [0.15, 0.2) is 12.3 Å². The second-order valence-corrected chi connectivity index (χ2v) is 6.89. The molecular weight excluding hydrogens is 282 g/mol. The molecule has 0 spiro atoms. The summed E-state index contributed by atoms with van der Waals surface area (Å²) in [5.41, 5.74) is 10.5. The van der Waals surface area contributed by atoms with Gasteiger partial charge in [-0.2, -0.15) is 0 Å². The second-order valence-electron chi connectivity index (χ2n) is 5.14. The van der Waals surface area contributed by atoms with Gasteiger partial charge in [0.2, 0.25) is 10.0 Å². The van der Waals surface area contributed by atoms with Crippen molar-refractivity contribution in [1.82, 2.24) is 9.71 Å². The van der Waals surface area contributed by atoms with Gasteiger partial charge in [-0.15, -0.1) is 0 Å². The molecule has 0 aliphatic heterocycles. The van der Waals surface area contributed by atoms with Gasteiger partial charge in [-0.25, -0.2) is 18.1 Å². The van der Waals surface area contributed by atoms with Crippen molar-refractivity contribution in [3.63, 3.8) is 0 Å². The maximum atomic E-state index is 11.3. The van der Waals surface area contributed by atoms with E-state index in [4.69, 9.17) is 11.5 Å². The Hall–Kier alpha value is -1.87. The number of rotatable bonds is 6. The molecule has 0 fully saturated rings. The molecule has 8 nitrogen and oxygen atoms in total. The maximum Gasteiger partial charge on any atom is 0.252 e. The molecule has 1 rings (SSSR count). The third-order valence-electron chi connectivity index (χ3n) is 2.33. The molecule has 1 aromatic rings. The molecule has 0 aliphatic rings. The molecule has 0 saturated heterocycles. The smallest absolute Gasteiger partial charge is 0.252 e. The number of carbonyl (C=O) groups excluding carboxylic acids is 1. The zero-order chi connectivity index (χ0) is 15.6. The maximum absolute atomic E-state index is 11.3. The first-order valence-corrected chi connectivity index (χ1v) is 7.67. The van der Waals surface area contributed by atoms with Gasteiger partial charge in [-0.3, -0.25) is 4.79 Å². The van der Waals surface area contributed by atoms with Crippen LogP contribution in [-0.4, -0.2) is 37.6 Å². The number of sulfonamides is 1. The largest absolute Gasteiger partial charge is 0.397 e. The lowest BCUT2D eigenvalue weighted by atomic mass is 10.1. The summed E-state index contributed by atoms with van der Waals surface area (Å²) in [5, 5.41) is 2.89. The van der Waals surface area contributed by atoms with E-state index in [2.05, 4.69) is 15.0 Å². The predicted molar refractivity (Wildman–Crippen MR) is 77.7 cm³/mol. The zero-order valence-electron chi connectivity index (χ0n) is 11.6. The van der Waals surface area contributed by atoms with E-state index < -0.39 is 21.5 Å². The first-order valence-electron chi connectivity index (χ1n) is 5.78. The van der Waals surface area contributed by atoms with Crippen LogP contribution in [0.4, 0.5) is 11.5 Å². The first kappa shape index (κ1) is 16.2. The highest BCUT2D eigenvalue weighted by Crippen LogP contribution is 2.16. The monoisotopic (exact) mass is 301 g/mol. The second kappa shape index (κ2) is 5.63. The van der Waals surface area contributed by atoms with Crippen molar-refractivity contribution >= 4 is 27.4 Å². The minimum atomic E-state index is -3.34. The molecule has 20 heavy (non-hydrogen) atoms. The van der Waals surface area contributed by atoms with Gasteiger partial charge in [0.1, 0.15) is 5.82 Å². The van der Waals surface area contributed by atoms with Crippen LogP contribution >= 0.6 is 0 Å². The van der Waals surface area contributed by atoms with Crippen LogP contribution < -0.4 is 21.5 Å². The summed E-state index contributed by atoms with van der Waals surface area (Å²) in [6.45, 7) is 3.61. The Kier molecular flexibility index (Phi) is 4.56. The van der Waals surface area contributed by atoms with Crippen molar-refractivity contribution in [3.8, 4) is 0 Å². The predicted octanol–water partition coefficient (Wildman–Crippen LogP) is -0.498. The van der Waals surface area contributed by atoms with E-state index in [1.165, 1.54) is 12.3 Å². The van der Waals surface area contributed by atoms with Crippen LogP contribution in [0.1, 0.15) is 24.2 Å². The Morgan fingerprint density at radius 3 is 2.55 bits per heavy atom. The summed E-state index contributed by atoms with van der Waals surface area (Å²) in [6, 6.07) is 1.41. The summed E-state index contributed by atoms with van der Waals surface area (Å²) in [6.07, 6.45) is 2.46. The van der Waals surface area contributed by atoms with Crippen LogP contribution in [0.5, 0.6) is 0 Å². The minimum Gasteiger partial charge on any atom is -0.397 e. The average Bonchev–Trinajstić information content (AvgIpc) is 2.23. The zero-order valence-corrected chi connectivity index (χ0v) is 12.4. The van der Waals surface area contributed by atoms with Crippen molar-refractivity contribution in [2.24, 2.45) is 5.73 Å². The molecule has 9 heteroatoms. The van der Waals surface area contributed by atoms with E-state index in [-0.39, 0.29) is 17.9 Å². The van der Waals surface area contributed by atoms with E-state index in [1.807, 2.05) is 0 Å². The van der Waals surface area contributed by atoms with Crippen molar-refractivity contribution in [2.75, 3.05) is 23.9 Å². The highest BCUT2D eigenvalue weighted by molar-refractivity contribution is 7.88. The van der Waals surface area contributed by atoms with Crippen LogP contribution in [-0.2, 0) is 10.0 Å². The van der Waals surface area contributed by atoms with E-state index in [1.54, 1.807) is 13.8 Å². The first-order chi connectivity index (χ1) is 9.00. The number of hydrogen-bond acceptors (Lipinski definition) is 6. The number of nitrogens with zero attached hydrogens (tertiary/aromatic N) is 1. The van der Waals surface area contributed by atoms with Gasteiger partial charge in [-0.1, -0.05) is 0 Å². The number of pyridine rings is 1. The van der Waals surface area contributed by atoms with E-state index in [0.717, 1.165) is 6.26 Å². The van der Waals surface area contributed by atoms with Gasteiger partial charge in [0, 0.05) is 12.1 Å². The lowest BCUT2D eigenvalue weighted by molar-refractivity contribution is 0.100. The standard InChI is InChI=1S/C11H19N5O3S/c1-11(2,16-20(3,18)19)6-15-10-8(9(13)17)4-7(12)5-14-10/h4-5,16H,6,12H2,1-3H3,(H2,13,17)(H,14,15). The molecule has 0 bridgehead atoms. The number of nitrogens with one attached hydrogen (secondary N) is 2. The number of carbonyl (C=O) groups is 1. The molecule has 112 valence electrons. The highest BCUT2D eigenvalue weighted by atomic mass is 32.2. The Balaban J connectivity index is 2.87. The molecule has 0 radical (unpaired) electrons. The Labute approximate surface area is 118 Å². The summed E-state index contributed by atoms with van der Waals surface area (Å²) < 4.78 is 24.9. The van der Waals surface area contributed by atoms with Crippen molar-refractivity contribution in [1.29, 1.82) is 0 Å². The number of anilines is 2. The number of hydrogen-bond donors (Lipinski definition) is 4. The molecule has 0 aliphatic carbocycles. The summed E-state index contributed by atoms with van der Waals surface area (Å²) in [7, 11) is -3.34. The van der Waals surface area contributed by atoms with Crippen molar-refractivity contribution in [2.45, 2.75) is 19.4 Å². The summed E-state index contributed by atoms with van der Waals surface area (Å²) >= 11 is 0. The average molecular weight is 301 g/mol. The fourth-order valence-electron chi connectivity index (χ4n) is 1.65.